The van der Waals surface area contributed by atoms with Crippen LogP contribution in [0.5, 0.6) is 11.5 Å². The van der Waals surface area contributed by atoms with Gasteiger partial charge in [0.1, 0.15) is 18.9 Å². The number of nitrogens with zero attached hydrogens (tertiary/aromatic N) is 1. The first-order valence-electron chi connectivity index (χ1n) is 7.57. The summed E-state index contributed by atoms with van der Waals surface area (Å²) >= 11 is 0. The van der Waals surface area contributed by atoms with Gasteiger partial charge in [-0.05, 0) is 31.4 Å². The first kappa shape index (κ1) is 14.6. The second-order valence-electron chi connectivity index (χ2n) is 5.62. The summed E-state index contributed by atoms with van der Waals surface area (Å²) in [4.78, 5) is 12.7. The third-order valence-corrected chi connectivity index (χ3v) is 4.03. The van der Waals surface area contributed by atoms with Crippen molar-refractivity contribution in [2.24, 2.45) is 0 Å². The summed E-state index contributed by atoms with van der Waals surface area (Å²) in [5.74, 6) is 1.30. The molecule has 1 fully saturated rings. The van der Waals surface area contributed by atoms with E-state index < -0.39 is 6.09 Å². The third kappa shape index (κ3) is 2.98. The molecule has 2 heterocycles. The molecule has 1 amide bonds. The number of hydrogen-bond donors (Lipinski definition) is 3. The minimum Gasteiger partial charge on any atom is -0.486 e. The summed E-state index contributed by atoms with van der Waals surface area (Å²) in [5, 5.41) is 12.6. The average molecular weight is 307 g/mol. The Kier molecular flexibility index (Phi) is 4.13. The zero-order valence-corrected chi connectivity index (χ0v) is 12.4. The van der Waals surface area contributed by atoms with Crippen LogP contribution >= 0.6 is 0 Å². The van der Waals surface area contributed by atoms with Crippen LogP contribution in [0.4, 0.5) is 16.2 Å². The number of anilines is 2. The zero-order chi connectivity index (χ0) is 15.5. The summed E-state index contributed by atoms with van der Waals surface area (Å²) in [7, 11) is 0. The van der Waals surface area contributed by atoms with Crippen LogP contribution in [-0.2, 0) is 0 Å². The van der Waals surface area contributed by atoms with Crippen molar-refractivity contribution in [1.29, 1.82) is 0 Å². The highest BCUT2D eigenvalue weighted by atomic mass is 16.6. The lowest BCUT2D eigenvalue weighted by Gasteiger charge is -2.27. The summed E-state index contributed by atoms with van der Waals surface area (Å²) in [6, 6.07) is 3.59. The van der Waals surface area contributed by atoms with E-state index in [4.69, 9.17) is 15.2 Å². The van der Waals surface area contributed by atoms with E-state index in [1.807, 2.05) is 0 Å². The van der Waals surface area contributed by atoms with Gasteiger partial charge in [-0.1, -0.05) is 0 Å². The van der Waals surface area contributed by atoms with Crippen LogP contribution in [0.3, 0.4) is 0 Å². The second kappa shape index (κ2) is 6.21. The maximum Gasteiger partial charge on any atom is 0.407 e. The topological polar surface area (TPSA) is 97.1 Å². The SMILES string of the molecule is Nc1ccc2c(c1NC1CCCCN(C(=O)O)C1)OCCO2. The minimum atomic E-state index is -0.878. The molecule has 1 aromatic rings. The van der Waals surface area contributed by atoms with Crippen LogP contribution in [0.25, 0.3) is 0 Å². The van der Waals surface area contributed by atoms with Crippen LogP contribution in [0.1, 0.15) is 19.3 Å². The van der Waals surface area contributed by atoms with E-state index in [0.717, 1.165) is 19.3 Å². The number of fused-ring (bicyclic) bond motifs is 1. The number of nitrogens with two attached hydrogens (primary N) is 1. The lowest BCUT2D eigenvalue weighted by atomic mass is 10.1. The van der Waals surface area contributed by atoms with E-state index in [1.54, 1.807) is 12.1 Å². The van der Waals surface area contributed by atoms with Crippen LogP contribution in [0, 0.1) is 0 Å². The summed E-state index contributed by atoms with van der Waals surface area (Å²) in [6.07, 6.45) is 1.88. The van der Waals surface area contributed by atoms with Crippen LogP contribution in [-0.4, -0.2) is 48.4 Å². The van der Waals surface area contributed by atoms with E-state index in [9.17, 15) is 9.90 Å². The van der Waals surface area contributed by atoms with Crippen molar-refractivity contribution in [3.05, 3.63) is 12.1 Å². The van der Waals surface area contributed by atoms with Gasteiger partial charge >= 0.3 is 6.09 Å². The van der Waals surface area contributed by atoms with Crippen molar-refractivity contribution in [3.63, 3.8) is 0 Å². The number of likely N-dealkylation sites (tertiary alicyclic amines) is 1. The molecule has 1 saturated heterocycles. The van der Waals surface area contributed by atoms with Gasteiger partial charge in [-0.3, -0.25) is 0 Å². The monoisotopic (exact) mass is 307 g/mol. The maximum atomic E-state index is 11.2. The fourth-order valence-electron chi connectivity index (χ4n) is 2.92. The quantitative estimate of drug-likeness (QED) is 0.723. The molecule has 120 valence electrons. The average Bonchev–Trinajstić information content (AvgIpc) is 2.76. The van der Waals surface area contributed by atoms with Gasteiger partial charge in [0.05, 0.1) is 5.69 Å². The van der Waals surface area contributed by atoms with Gasteiger partial charge in [-0.2, -0.15) is 0 Å². The molecular weight excluding hydrogens is 286 g/mol. The number of carboxylic acid groups (broad SMARTS) is 1. The Labute approximate surface area is 129 Å². The Bertz CT molecular complexity index is 564. The predicted molar refractivity (Wildman–Crippen MR) is 82.7 cm³/mol. The first-order valence-corrected chi connectivity index (χ1v) is 7.57. The Morgan fingerprint density at radius 3 is 2.95 bits per heavy atom. The highest BCUT2D eigenvalue weighted by Gasteiger charge is 2.25. The largest absolute Gasteiger partial charge is 0.486 e. The first-order chi connectivity index (χ1) is 10.6. The fourth-order valence-corrected chi connectivity index (χ4v) is 2.92. The van der Waals surface area contributed by atoms with Gasteiger partial charge in [-0.15, -0.1) is 0 Å². The molecule has 0 spiro atoms. The highest BCUT2D eigenvalue weighted by molar-refractivity contribution is 5.78. The molecule has 7 nitrogen and oxygen atoms in total. The molecule has 1 aromatic carbocycles. The second-order valence-corrected chi connectivity index (χ2v) is 5.62. The smallest absolute Gasteiger partial charge is 0.407 e. The Balaban J connectivity index is 1.81. The minimum absolute atomic E-state index is 0.0120. The molecule has 2 aliphatic heterocycles. The molecule has 7 heteroatoms. The molecule has 1 unspecified atom stereocenters. The Morgan fingerprint density at radius 1 is 1.32 bits per heavy atom. The molecule has 0 radical (unpaired) electrons. The van der Waals surface area contributed by atoms with Crippen LogP contribution in [0.15, 0.2) is 12.1 Å². The van der Waals surface area contributed by atoms with Gasteiger partial charge < -0.3 is 30.5 Å². The number of ether oxygens (including phenoxy) is 2. The fraction of sp³-hybridized carbons (Fsp3) is 0.533. The molecule has 1 atom stereocenters. The number of amides is 1. The van der Waals surface area contributed by atoms with E-state index in [2.05, 4.69) is 5.32 Å². The van der Waals surface area contributed by atoms with Crippen molar-refractivity contribution in [2.75, 3.05) is 37.4 Å². The normalized spacial score (nSPS) is 21.1. The summed E-state index contributed by atoms with van der Waals surface area (Å²) < 4.78 is 11.3. The van der Waals surface area contributed by atoms with Gasteiger partial charge in [0, 0.05) is 19.1 Å². The number of nitrogens with one attached hydrogen (secondary N) is 1. The van der Waals surface area contributed by atoms with Crippen molar-refractivity contribution in [2.45, 2.75) is 25.3 Å². The molecule has 2 aliphatic rings. The molecule has 0 aliphatic carbocycles. The van der Waals surface area contributed by atoms with Gasteiger partial charge in [0.15, 0.2) is 11.5 Å². The van der Waals surface area contributed by atoms with Crippen molar-refractivity contribution >= 4 is 17.5 Å². The van der Waals surface area contributed by atoms with E-state index >= 15 is 0 Å². The molecule has 0 aromatic heterocycles. The maximum absolute atomic E-state index is 11.2. The number of benzene rings is 1. The zero-order valence-electron chi connectivity index (χ0n) is 12.4. The number of carbonyl (C=O) groups is 1. The van der Waals surface area contributed by atoms with Gasteiger partial charge in [0.25, 0.3) is 0 Å². The number of rotatable bonds is 2. The number of nitrogen functional groups attached to an aromatic ring is 1. The van der Waals surface area contributed by atoms with Gasteiger partial charge in [0.2, 0.25) is 0 Å². The predicted octanol–water partition coefficient (Wildman–Crippen LogP) is 1.98. The highest BCUT2D eigenvalue weighted by Crippen LogP contribution is 2.42. The molecule has 0 saturated carbocycles. The van der Waals surface area contributed by atoms with Crippen molar-refractivity contribution in [1.82, 2.24) is 4.90 Å². The van der Waals surface area contributed by atoms with Crippen molar-refractivity contribution < 1.29 is 19.4 Å². The van der Waals surface area contributed by atoms with E-state index in [-0.39, 0.29) is 6.04 Å². The van der Waals surface area contributed by atoms with E-state index in [0.29, 0.717) is 49.2 Å². The molecule has 22 heavy (non-hydrogen) atoms. The van der Waals surface area contributed by atoms with Crippen molar-refractivity contribution in [3.8, 4) is 11.5 Å². The molecular formula is C15H21N3O4. The van der Waals surface area contributed by atoms with Gasteiger partial charge in [-0.25, -0.2) is 4.79 Å². The lowest BCUT2D eigenvalue weighted by Crippen LogP contribution is -2.38. The third-order valence-electron chi connectivity index (χ3n) is 4.03. The molecule has 4 N–H and O–H groups in total. The van der Waals surface area contributed by atoms with E-state index in [1.165, 1.54) is 4.90 Å². The van der Waals surface area contributed by atoms with Crippen LogP contribution in [0.2, 0.25) is 0 Å². The molecule has 3 rings (SSSR count). The standard InChI is InChI=1S/C15H21N3O4/c16-11-4-5-12-14(22-8-7-21-12)13(11)17-10-3-1-2-6-18(9-10)15(19)20/h4-5,10,17H,1-3,6-9,16H2,(H,19,20). The number of hydrogen-bond acceptors (Lipinski definition) is 5. The molecule has 0 bridgehead atoms. The summed E-state index contributed by atoms with van der Waals surface area (Å²) in [5.41, 5.74) is 7.35. The van der Waals surface area contributed by atoms with Crippen LogP contribution < -0.4 is 20.5 Å². The Hall–Kier alpha value is -2.31. The Morgan fingerprint density at radius 2 is 2.14 bits per heavy atom. The summed E-state index contributed by atoms with van der Waals surface area (Å²) in [6.45, 7) is 2.03. The lowest BCUT2D eigenvalue weighted by molar-refractivity contribution is 0.145.